The average Bonchev–Trinajstić information content (AvgIpc) is 2.84. The van der Waals surface area contributed by atoms with Crippen molar-refractivity contribution in [3.8, 4) is 5.75 Å². The molecule has 1 unspecified atom stereocenters. The molecule has 1 aromatic carbocycles. The standard InChI is InChI=1S/C17H17NO6S2/c1-2-24-11-5-3-10(4-6-11)9-13-15(21)18(17(25)26-13)12(16(22)23)7-8-14(19)20/h3-6,9,12H,2,7-8H2,1H3,(H,19,20)(H,22,23)/b13-9-. The number of rotatable bonds is 8. The summed E-state index contributed by atoms with van der Waals surface area (Å²) in [5, 5.41) is 18.1. The number of hydrogen-bond donors (Lipinski definition) is 2. The second-order valence-electron chi connectivity index (χ2n) is 5.34. The number of carbonyl (C=O) groups is 3. The van der Waals surface area contributed by atoms with Gasteiger partial charge in [-0.2, -0.15) is 0 Å². The molecule has 0 radical (unpaired) electrons. The first-order chi connectivity index (χ1) is 12.3. The Morgan fingerprint density at radius 1 is 1.31 bits per heavy atom. The van der Waals surface area contributed by atoms with Gasteiger partial charge in [0.05, 0.1) is 11.5 Å². The van der Waals surface area contributed by atoms with Crippen molar-refractivity contribution in [2.75, 3.05) is 6.61 Å². The molecule has 138 valence electrons. The minimum absolute atomic E-state index is 0.102. The third kappa shape index (κ3) is 4.83. The summed E-state index contributed by atoms with van der Waals surface area (Å²) in [7, 11) is 0. The molecular formula is C17H17NO6S2. The Balaban J connectivity index is 2.20. The number of benzene rings is 1. The number of hydrogen-bond acceptors (Lipinski definition) is 6. The van der Waals surface area contributed by atoms with E-state index < -0.39 is 23.9 Å². The molecule has 7 nitrogen and oxygen atoms in total. The first-order valence-electron chi connectivity index (χ1n) is 7.78. The number of thiocarbonyl (C=S) groups is 1. The van der Waals surface area contributed by atoms with E-state index in [1.807, 2.05) is 6.92 Å². The molecule has 1 aliphatic heterocycles. The number of ether oxygens (including phenoxy) is 1. The summed E-state index contributed by atoms with van der Waals surface area (Å²) in [6.45, 7) is 2.42. The molecule has 0 spiro atoms. The fourth-order valence-electron chi connectivity index (χ4n) is 2.35. The van der Waals surface area contributed by atoms with Crippen LogP contribution in [0.1, 0.15) is 25.3 Å². The maximum atomic E-state index is 12.6. The molecule has 1 saturated heterocycles. The molecule has 1 aliphatic rings. The van der Waals surface area contributed by atoms with Gasteiger partial charge in [-0.25, -0.2) is 4.79 Å². The smallest absolute Gasteiger partial charge is 0.326 e. The Hall–Kier alpha value is -2.39. The lowest BCUT2D eigenvalue weighted by Gasteiger charge is -2.22. The third-order valence-corrected chi connectivity index (χ3v) is 4.87. The van der Waals surface area contributed by atoms with E-state index in [1.165, 1.54) is 0 Å². The molecule has 1 heterocycles. The summed E-state index contributed by atoms with van der Waals surface area (Å²) in [4.78, 5) is 36.1. The van der Waals surface area contributed by atoms with Gasteiger partial charge in [0, 0.05) is 6.42 Å². The minimum atomic E-state index is -1.30. The van der Waals surface area contributed by atoms with Crippen molar-refractivity contribution in [1.29, 1.82) is 0 Å². The van der Waals surface area contributed by atoms with Gasteiger partial charge in [-0.1, -0.05) is 36.1 Å². The van der Waals surface area contributed by atoms with Crippen LogP contribution in [0.4, 0.5) is 0 Å². The lowest BCUT2D eigenvalue weighted by Crippen LogP contribution is -2.44. The highest BCUT2D eigenvalue weighted by Gasteiger charge is 2.40. The summed E-state index contributed by atoms with van der Waals surface area (Å²) in [6.07, 6.45) is 1.03. The quantitative estimate of drug-likeness (QED) is 0.511. The monoisotopic (exact) mass is 395 g/mol. The Kier molecular flexibility index (Phi) is 6.76. The Morgan fingerprint density at radius 3 is 2.50 bits per heavy atom. The number of carbonyl (C=O) groups excluding carboxylic acids is 1. The van der Waals surface area contributed by atoms with Crippen LogP contribution in [0.25, 0.3) is 6.08 Å². The first-order valence-corrected chi connectivity index (χ1v) is 9.00. The van der Waals surface area contributed by atoms with Gasteiger partial charge in [-0.3, -0.25) is 14.5 Å². The van der Waals surface area contributed by atoms with Gasteiger partial charge in [0.2, 0.25) is 0 Å². The largest absolute Gasteiger partial charge is 0.494 e. The molecular weight excluding hydrogens is 378 g/mol. The van der Waals surface area contributed by atoms with Crippen LogP contribution in [-0.2, 0) is 14.4 Å². The molecule has 0 aromatic heterocycles. The van der Waals surface area contributed by atoms with Gasteiger partial charge in [0.15, 0.2) is 0 Å². The molecule has 9 heteroatoms. The Labute approximate surface area is 159 Å². The predicted octanol–water partition coefficient (Wildman–Crippen LogP) is 2.60. The van der Waals surface area contributed by atoms with E-state index in [0.29, 0.717) is 17.3 Å². The fraction of sp³-hybridized carbons (Fsp3) is 0.294. The highest BCUT2D eigenvalue weighted by atomic mass is 32.2. The highest BCUT2D eigenvalue weighted by molar-refractivity contribution is 8.26. The van der Waals surface area contributed by atoms with Crippen LogP contribution in [0.2, 0.25) is 0 Å². The van der Waals surface area contributed by atoms with Gasteiger partial charge in [-0.15, -0.1) is 0 Å². The lowest BCUT2D eigenvalue weighted by atomic mass is 10.1. The van der Waals surface area contributed by atoms with Crippen molar-refractivity contribution in [2.24, 2.45) is 0 Å². The minimum Gasteiger partial charge on any atom is -0.494 e. The highest BCUT2D eigenvalue weighted by Crippen LogP contribution is 2.35. The van der Waals surface area contributed by atoms with E-state index >= 15 is 0 Å². The Bertz CT molecular complexity index is 759. The zero-order valence-corrected chi connectivity index (χ0v) is 15.5. The number of thioether (sulfide) groups is 1. The number of amides is 1. The predicted molar refractivity (Wildman–Crippen MR) is 101 cm³/mol. The molecule has 0 aliphatic carbocycles. The summed E-state index contributed by atoms with van der Waals surface area (Å²) in [5.41, 5.74) is 0.742. The molecule has 26 heavy (non-hydrogen) atoms. The normalized spacial score (nSPS) is 16.8. The zero-order chi connectivity index (χ0) is 19.3. The van der Waals surface area contributed by atoms with E-state index in [-0.39, 0.29) is 17.2 Å². The molecule has 2 N–H and O–H groups in total. The maximum absolute atomic E-state index is 12.6. The fourth-order valence-corrected chi connectivity index (χ4v) is 3.71. The van der Waals surface area contributed by atoms with E-state index in [0.717, 1.165) is 22.2 Å². The topological polar surface area (TPSA) is 104 Å². The van der Waals surface area contributed by atoms with Crippen LogP contribution in [0.15, 0.2) is 29.2 Å². The summed E-state index contributed by atoms with van der Waals surface area (Å²) in [5.74, 6) is -2.25. The van der Waals surface area contributed by atoms with Gasteiger partial charge in [0.25, 0.3) is 5.91 Å². The SMILES string of the molecule is CCOc1ccc(/C=C2\SC(=S)N(C(CCC(=O)O)C(=O)O)C2=O)cc1. The number of carboxylic acids is 2. The number of carboxylic acid groups (broad SMARTS) is 2. The first kappa shape index (κ1) is 19.9. The van der Waals surface area contributed by atoms with Crippen LogP contribution in [0, 0.1) is 0 Å². The number of aliphatic carboxylic acids is 2. The van der Waals surface area contributed by atoms with Crippen LogP contribution in [0.5, 0.6) is 5.75 Å². The van der Waals surface area contributed by atoms with Crippen molar-refractivity contribution in [3.05, 3.63) is 34.7 Å². The molecule has 1 aromatic rings. The van der Waals surface area contributed by atoms with Gasteiger partial charge in [-0.05, 0) is 37.1 Å². The molecule has 2 rings (SSSR count). The van der Waals surface area contributed by atoms with Crippen LogP contribution < -0.4 is 4.74 Å². The molecule has 0 saturated carbocycles. The van der Waals surface area contributed by atoms with Crippen molar-refractivity contribution in [2.45, 2.75) is 25.8 Å². The number of nitrogens with zero attached hydrogens (tertiary/aromatic N) is 1. The van der Waals surface area contributed by atoms with Gasteiger partial charge in [0.1, 0.15) is 16.1 Å². The molecule has 1 atom stereocenters. The average molecular weight is 395 g/mol. The zero-order valence-electron chi connectivity index (χ0n) is 13.9. The Morgan fingerprint density at radius 2 is 1.96 bits per heavy atom. The van der Waals surface area contributed by atoms with Crippen molar-refractivity contribution in [1.82, 2.24) is 4.90 Å². The van der Waals surface area contributed by atoms with Gasteiger partial charge < -0.3 is 14.9 Å². The van der Waals surface area contributed by atoms with Crippen LogP contribution in [0.3, 0.4) is 0 Å². The van der Waals surface area contributed by atoms with E-state index in [2.05, 4.69) is 0 Å². The lowest BCUT2D eigenvalue weighted by molar-refractivity contribution is -0.146. The van der Waals surface area contributed by atoms with Crippen LogP contribution >= 0.6 is 24.0 Å². The van der Waals surface area contributed by atoms with Crippen molar-refractivity contribution < 1.29 is 29.3 Å². The molecule has 1 amide bonds. The second kappa shape index (κ2) is 8.81. The third-order valence-electron chi connectivity index (χ3n) is 3.54. The second-order valence-corrected chi connectivity index (χ2v) is 7.02. The maximum Gasteiger partial charge on any atom is 0.326 e. The van der Waals surface area contributed by atoms with Crippen molar-refractivity contribution in [3.63, 3.8) is 0 Å². The summed E-state index contributed by atoms with van der Waals surface area (Å²) in [6, 6.07) is 5.78. The summed E-state index contributed by atoms with van der Waals surface area (Å²) < 4.78 is 5.46. The van der Waals surface area contributed by atoms with E-state index in [9.17, 15) is 19.5 Å². The van der Waals surface area contributed by atoms with Gasteiger partial charge >= 0.3 is 11.9 Å². The van der Waals surface area contributed by atoms with Crippen LogP contribution in [-0.4, -0.2) is 49.9 Å². The van der Waals surface area contributed by atoms with Crippen molar-refractivity contribution >= 4 is 52.2 Å². The molecule has 1 fully saturated rings. The van der Waals surface area contributed by atoms with E-state index in [1.54, 1.807) is 30.3 Å². The summed E-state index contributed by atoms with van der Waals surface area (Å²) >= 11 is 6.14. The van der Waals surface area contributed by atoms with E-state index in [4.69, 9.17) is 22.1 Å². The molecule has 0 bridgehead atoms.